The van der Waals surface area contributed by atoms with E-state index in [2.05, 4.69) is 52.0 Å². The van der Waals surface area contributed by atoms with Crippen molar-refractivity contribution in [1.82, 2.24) is 25.5 Å². The van der Waals surface area contributed by atoms with Crippen LogP contribution in [0.15, 0.2) is 53.7 Å². The third kappa shape index (κ3) is 4.89. The summed E-state index contributed by atoms with van der Waals surface area (Å²) in [7, 11) is 1.62. The Morgan fingerprint density at radius 1 is 1.18 bits per heavy atom. The highest BCUT2D eigenvalue weighted by molar-refractivity contribution is 7.99. The van der Waals surface area contributed by atoms with E-state index in [1.54, 1.807) is 11.8 Å². The molecule has 0 radical (unpaired) electrons. The number of rotatable bonds is 8. The van der Waals surface area contributed by atoms with Crippen molar-refractivity contribution < 1.29 is 9.53 Å². The van der Waals surface area contributed by atoms with Gasteiger partial charge in [-0.2, -0.15) is 4.68 Å². The monoisotopic (exact) mass is 397 g/mol. The molecule has 3 aromatic rings. The van der Waals surface area contributed by atoms with E-state index in [0.717, 1.165) is 23.4 Å². The lowest BCUT2D eigenvalue weighted by Gasteiger charge is -2.17. The summed E-state index contributed by atoms with van der Waals surface area (Å²) in [6, 6.07) is 15.6. The van der Waals surface area contributed by atoms with Crippen LogP contribution in [0.5, 0.6) is 5.75 Å². The number of methoxy groups -OCH3 is 1. The molecule has 28 heavy (non-hydrogen) atoms. The molecule has 1 aromatic heterocycles. The molecule has 0 saturated heterocycles. The smallest absolute Gasteiger partial charge is 0.230 e. The maximum Gasteiger partial charge on any atom is 0.230 e. The van der Waals surface area contributed by atoms with Gasteiger partial charge in [-0.05, 0) is 53.6 Å². The fraction of sp³-hybridized carbons (Fsp3) is 0.300. The zero-order chi connectivity index (χ0) is 19.9. The largest absolute Gasteiger partial charge is 0.497 e. The van der Waals surface area contributed by atoms with Crippen molar-refractivity contribution in [3.63, 3.8) is 0 Å². The van der Waals surface area contributed by atoms with E-state index < -0.39 is 0 Å². The second-order valence-corrected chi connectivity index (χ2v) is 7.24. The molecule has 0 fully saturated rings. The molecule has 8 heteroatoms. The average molecular weight is 398 g/mol. The Morgan fingerprint density at radius 2 is 1.89 bits per heavy atom. The molecule has 1 atom stereocenters. The Morgan fingerprint density at radius 3 is 2.54 bits per heavy atom. The first kappa shape index (κ1) is 19.9. The number of carbonyl (C=O) groups is 1. The molecule has 0 saturated carbocycles. The predicted molar refractivity (Wildman–Crippen MR) is 109 cm³/mol. The summed E-state index contributed by atoms with van der Waals surface area (Å²) in [5, 5.41) is 15.4. The van der Waals surface area contributed by atoms with Crippen molar-refractivity contribution in [3.05, 3.63) is 59.7 Å². The van der Waals surface area contributed by atoms with Crippen LogP contribution >= 0.6 is 11.8 Å². The van der Waals surface area contributed by atoms with Crippen LogP contribution in [0.1, 0.15) is 30.5 Å². The molecule has 0 aliphatic carbocycles. The predicted octanol–water partition coefficient (Wildman–Crippen LogP) is 3.34. The van der Waals surface area contributed by atoms with Gasteiger partial charge in [0.05, 0.1) is 24.6 Å². The van der Waals surface area contributed by atoms with Crippen molar-refractivity contribution in [2.45, 2.75) is 31.5 Å². The number of nitrogens with one attached hydrogen (secondary N) is 1. The number of thioether (sulfide) groups is 1. The number of aryl methyl sites for hydroxylation is 1. The summed E-state index contributed by atoms with van der Waals surface area (Å²) < 4.78 is 6.77. The van der Waals surface area contributed by atoms with Crippen LogP contribution in [0, 0.1) is 6.92 Å². The highest BCUT2D eigenvalue weighted by atomic mass is 32.2. The van der Waals surface area contributed by atoms with E-state index >= 15 is 0 Å². The maximum atomic E-state index is 12.5. The molecule has 146 valence electrons. The number of amides is 1. The SMILES string of the molecule is CC[C@@H](NC(=O)CSc1nnnn1-c1ccc(OC)cc1)c1ccc(C)cc1. The zero-order valence-electron chi connectivity index (χ0n) is 16.1. The lowest BCUT2D eigenvalue weighted by atomic mass is 10.0. The number of benzene rings is 2. The second kappa shape index (κ2) is 9.36. The minimum absolute atomic E-state index is 0.00807. The van der Waals surface area contributed by atoms with Gasteiger partial charge in [0.25, 0.3) is 0 Å². The summed E-state index contributed by atoms with van der Waals surface area (Å²) in [6.07, 6.45) is 0.822. The zero-order valence-corrected chi connectivity index (χ0v) is 16.9. The van der Waals surface area contributed by atoms with E-state index in [0.29, 0.717) is 5.16 Å². The van der Waals surface area contributed by atoms with Crippen molar-refractivity contribution in [2.24, 2.45) is 0 Å². The molecular weight excluding hydrogens is 374 g/mol. The Bertz CT molecular complexity index is 909. The Hall–Kier alpha value is -2.87. The van der Waals surface area contributed by atoms with Gasteiger partial charge in [0.15, 0.2) is 0 Å². The standard InChI is InChI=1S/C20H23N5O2S/c1-4-18(15-7-5-14(2)6-8-15)21-19(26)13-28-20-22-23-24-25(20)16-9-11-17(27-3)12-10-16/h5-12,18H,4,13H2,1-3H3,(H,21,26)/t18-/m1/s1. The van der Waals surface area contributed by atoms with Gasteiger partial charge in [-0.3, -0.25) is 4.79 Å². The fourth-order valence-corrected chi connectivity index (χ4v) is 3.44. The molecule has 2 aromatic carbocycles. The lowest BCUT2D eigenvalue weighted by Crippen LogP contribution is -2.29. The van der Waals surface area contributed by atoms with Crippen molar-refractivity contribution in [3.8, 4) is 11.4 Å². The highest BCUT2D eigenvalue weighted by Crippen LogP contribution is 2.21. The first-order valence-electron chi connectivity index (χ1n) is 9.02. The molecule has 1 heterocycles. The normalized spacial score (nSPS) is 11.8. The molecule has 1 amide bonds. The minimum atomic E-state index is -0.0540. The van der Waals surface area contributed by atoms with Gasteiger partial charge in [-0.15, -0.1) is 5.10 Å². The van der Waals surface area contributed by atoms with Crippen LogP contribution in [-0.2, 0) is 4.79 Å². The van der Waals surface area contributed by atoms with Crippen LogP contribution in [0.3, 0.4) is 0 Å². The lowest BCUT2D eigenvalue weighted by molar-refractivity contribution is -0.119. The molecule has 1 N–H and O–H groups in total. The Labute approximate surface area is 168 Å². The van der Waals surface area contributed by atoms with Gasteiger partial charge in [0.1, 0.15) is 5.75 Å². The summed E-state index contributed by atoms with van der Waals surface area (Å²) in [5.41, 5.74) is 3.11. The highest BCUT2D eigenvalue weighted by Gasteiger charge is 2.15. The first-order chi connectivity index (χ1) is 13.6. The average Bonchev–Trinajstić information content (AvgIpc) is 3.20. The number of tetrazole rings is 1. The van der Waals surface area contributed by atoms with E-state index in [4.69, 9.17) is 4.74 Å². The van der Waals surface area contributed by atoms with E-state index in [1.807, 2.05) is 31.2 Å². The number of nitrogens with zero attached hydrogens (tertiary/aromatic N) is 4. The summed E-state index contributed by atoms with van der Waals surface area (Å²) in [6.45, 7) is 4.11. The van der Waals surface area contributed by atoms with Gasteiger partial charge >= 0.3 is 0 Å². The number of aromatic nitrogens is 4. The van der Waals surface area contributed by atoms with Crippen LogP contribution in [0.2, 0.25) is 0 Å². The second-order valence-electron chi connectivity index (χ2n) is 6.30. The Kier molecular flexibility index (Phi) is 6.65. The van der Waals surface area contributed by atoms with Gasteiger partial charge in [0, 0.05) is 0 Å². The molecular formula is C20H23N5O2S. The van der Waals surface area contributed by atoms with E-state index in [-0.39, 0.29) is 17.7 Å². The van der Waals surface area contributed by atoms with Gasteiger partial charge in [-0.25, -0.2) is 0 Å². The molecule has 0 aliphatic rings. The molecule has 0 bridgehead atoms. The number of carbonyl (C=O) groups excluding carboxylic acids is 1. The summed E-state index contributed by atoms with van der Waals surface area (Å²) >= 11 is 1.30. The molecule has 3 rings (SSSR count). The van der Waals surface area contributed by atoms with E-state index in [9.17, 15) is 4.79 Å². The molecule has 7 nitrogen and oxygen atoms in total. The summed E-state index contributed by atoms with van der Waals surface area (Å²) in [5.74, 6) is 0.938. The van der Waals surface area contributed by atoms with Gasteiger partial charge in [0.2, 0.25) is 11.1 Å². The fourth-order valence-electron chi connectivity index (χ4n) is 2.74. The van der Waals surface area contributed by atoms with Gasteiger partial charge < -0.3 is 10.1 Å². The quantitative estimate of drug-likeness (QED) is 0.587. The van der Waals surface area contributed by atoms with Gasteiger partial charge in [-0.1, -0.05) is 48.5 Å². The van der Waals surface area contributed by atoms with Crippen LogP contribution in [-0.4, -0.2) is 39.0 Å². The first-order valence-corrected chi connectivity index (χ1v) is 10.0. The molecule has 0 spiro atoms. The topological polar surface area (TPSA) is 81.9 Å². The molecule has 0 unspecified atom stereocenters. The third-order valence-electron chi connectivity index (χ3n) is 4.31. The van der Waals surface area contributed by atoms with Crippen molar-refractivity contribution in [2.75, 3.05) is 12.9 Å². The van der Waals surface area contributed by atoms with Crippen LogP contribution < -0.4 is 10.1 Å². The number of hydrogen-bond acceptors (Lipinski definition) is 6. The molecule has 0 aliphatic heterocycles. The van der Waals surface area contributed by atoms with Crippen LogP contribution in [0.25, 0.3) is 5.69 Å². The third-order valence-corrected chi connectivity index (χ3v) is 5.23. The van der Waals surface area contributed by atoms with Crippen molar-refractivity contribution in [1.29, 1.82) is 0 Å². The number of ether oxygens (including phenoxy) is 1. The van der Waals surface area contributed by atoms with Crippen molar-refractivity contribution >= 4 is 17.7 Å². The summed E-state index contributed by atoms with van der Waals surface area (Å²) in [4.78, 5) is 12.5. The maximum absolute atomic E-state index is 12.5. The number of hydrogen-bond donors (Lipinski definition) is 1. The Balaban J connectivity index is 1.61. The van der Waals surface area contributed by atoms with Crippen LogP contribution in [0.4, 0.5) is 0 Å². The minimum Gasteiger partial charge on any atom is -0.497 e. The van der Waals surface area contributed by atoms with E-state index in [1.165, 1.54) is 17.3 Å².